The van der Waals surface area contributed by atoms with Crippen LogP contribution in [0.2, 0.25) is 0 Å². The number of hydrogen-bond acceptors (Lipinski definition) is 2. The van der Waals surface area contributed by atoms with E-state index in [1.165, 1.54) is 17.0 Å². The summed E-state index contributed by atoms with van der Waals surface area (Å²) in [5.74, 6) is -0.519. The van der Waals surface area contributed by atoms with Crippen molar-refractivity contribution in [2.24, 2.45) is 0 Å². The molecule has 2 N–H and O–H groups in total. The number of halogens is 1. The highest BCUT2D eigenvalue weighted by Gasteiger charge is 2.18. The molecule has 0 unspecified atom stereocenters. The molecule has 0 aliphatic carbocycles. The molecule has 0 fully saturated rings. The molecular weight excluding hydrogens is 393 g/mol. The smallest absolute Gasteiger partial charge is 0.322 e. The first kappa shape index (κ1) is 20.3. The van der Waals surface area contributed by atoms with Crippen molar-refractivity contribution in [2.75, 3.05) is 5.32 Å². The fraction of sp³-hybridized carbons (Fsp3) is 0.120. The van der Waals surface area contributed by atoms with Gasteiger partial charge in [0.25, 0.3) is 5.56 Å². The van der Waals surface area contributed by atoms with Gasteiger partial charge in [-0.15, -0.1) is 0 Å². The minimum Gasteiger partial charge on any atom is -0.322 e. The third-order valence-electron chi connectivity index (χ3n) is 5.06. The molecule has 1 aromatic heterocycles. The van der Waals surface area contributed by atoms with Gasteiger partial charge in [0.15, 0.2) is 0 Å². The van der Waals surface area contributed by atoms with Crippen LogP contribution in [-0.2, 0) is 13.1 Å². The number of pyridine rings is 1. The summed E-state index contributed by atoms with van der Waals surface area (Å²) < 4.78 is 14.1. The molecule has 0 aliphatic rings. The molecule has 1 heterocycles. The van der Waals surface area contributed by atoms with Crippen LogP contribution < -0.4 is 10.9 Å². The van der Waals surface area contributed by atoms with Crippen LogP contribution in [-0.4, -0.2) is 15.9 Å². The number of benzene rings is 3. The molecule has 5 nitrogen and oxygen atoms in total. The van der Waals surface area contributed by atoms with Crippen LogP contribution in [0.25, 0.3) is 10.9 Å². The summed E-state index contributed by atoms with van der Waals surface area (Å²) in [4.78, 5) is 30.1. The number of carbonyl (C=O) groups excluding carboxylic acids is 1. The summed E-state index contributed by atoms with van der Waals surface area (Å²) in [5.41, 5.74) is 2.99. The Balaban J connectivity index is 1.65. The fourth-order valence-corrected chi connectivity index (χ4v) is 3.44. The minimum absolute atomic E-state index is 0.0777. The van der Waals surface area contributed by atoms with Gasteiger partial charge in [0.05, 0.1) is 12.2 Å². The van der Waals surface area contributed by atoms with Gasteiger partial charge in [-0.05, 0) is 47.7 Å². The zero-order valence-electron chi connectivity index (χ0n) is 17.1. The highest BCUT2D eigenvalue weighted by Crippen LogP contribution is 2.17. The van der Waals surface area contributed by atoms with Crippen molar-refractivity contribution in [1.82, 2.24) is 9.88 Å². The van der Waals surface area contributed by atoms with Gasteiger partial charge < -0.3 is 15.2 Å². The van der Waals surface area contributed by atoms with E-state index in [0.29, 0.717) is 5.56 Å². The second kappa shape index (κ2) is 8.83. The first-order chi connectivity index (χ1) is 15.0. The molecule has 0 radical (unpaired) electrons. The van der Waals surface area contributed by atoms with Crippen molar-refractivity contribution in [3.05, 3.63) is 112 Å². The van der Waals surface area contributed by atoms with E-state index < -0.39 is 11.8 Å². The number of amides is 2. The van der Waals surface area contributed by atoms with Crippen molar-refractivity contribution in [3.8, 4) is 0 Å². The Morgan fingerprint density at radius 3 is 2.48 bits per heavy atom. The molecule has 0 atom stereocenters. The number of H-pyrrole nitrogens is 1. The fourth-order valence-electron chi connectivity index (χ4n) is 3.44. The lowest BCUT2D eigenvalue weighted by Crippen LogP contribution is -2.36. The molecule has 0 saturated heterocycles. The predicted molar refractivity (Wildman–Crippen MR) is 120 cm³/mol. The molecule has 2 amide bonds. The second-order valence-corrected chi connectivity index (χ2v) is 7.47. The Hall–Kier alpha value is -3.93. The topological polar surface area (TPSA) is 65.2 Å². The monoisotopic (exact) mass is 415 g/mol. The van der Waals surface area contributed by atoms with Crippen molar-refractivity contribution in [1.29, 1.82) is 0 Å². The number of para-hydroxylation sites is 1. The lowest BCUT2D eigenvalue weighted by atomic mass is 10.1. The van der Waals surface area contributed by atoms with Crippen LogP contribution in [0.5, 0.6) is 0 Å². The summed E-state index contributed by atoms with van der Waals surface area (Å²) in [5, 5.41) is 3.50. The van der Waals surface area contributed by atoms with Gasteiger partial charge in [-0.25, -0.2) is 9.18 Å². The van der Waals surface area contributed by atoms with E-state index in [4.69, 9.17) is 0 Å². The molecule has 0 spiro atoms. The summed E-state index contributed by atoms with van der Waals surface area (Å²) in [6.07, 6.45) is 0. The number of hydrogen-bond donors (Lipinski definition) is 2. The van der Waals surface area contributed by atoms with E-state index >= 15 is 0 Å². The van der Waals surface area contributed by atoms with Crippen molar-refractivity contribution in [3.63, 3.8) is 0 Å². The molecule has 3 aromatic carbocycles. The largest absolute Gasteiger partial charge is 0.322 e. The van der Waals surface area contributed by atoms with E-state index in [9.17, 15) is 14.0 Å². The van der Waals surface area contributed by atoms with Crippen molar-refractivity contribution in [2.45, 2.75) is 20.0 Å². The van der Waals surface area contributed by atoms with Crippen LogP contribution in [0.3, 0.4) is 0 Å². The van der Waals surface area contributed by atoms with Crippen LogP contribution in [0.1, 0.15) is 16.7 Å². The first-order valence-electron chi connectivity index (χ1n) is 9.96. The van der Waals surface area contributed by atoms with E-state index in [0.717, 1.165) is 22.0 Å². The number of nitrogens with one attached hydrogen (secondary N) is 2. The van der Waals surface area contributed by atoms with Crippen LogP contribution in [0.15, 0.2) is 83.7 Å². The van der Waals surface area contributed by atoms with E-state index in [-0.39, 0.29) is 24.3 Å². The molecule has 6 heteroatoms. The van der Waals surface area contributed by atoms with Crippen molar-refractivity contribution < 1.29 is 9.18 Å². The molecule has 0 bridgehead atoms. The van der Waals surface area contributed by atoms with Crippen molar-refractivity contribution >= 4 is 22.6 Å². The third-order valence-corrected chi connectivity index (χ3v) is 5.06. The standard InChI is InChI=1S/C25H22FN3O2/c1-17-11-12-19-14-20(24(30)27-23(19)13-17)16-29(15-18-7-3-2-4-8-18)25(31)28-22-10-6-5-9-21(22)26/h2-14H,15-16H2,1H3,(H,27,30)(H,28,31). The first-order valence-corrected chi connectivity index (χ1v) is 9.96. The predicted octanol–water partition coefficient (Wildman–Crippen LogP) is 5.21. The number of rotatable bonds is 5. The highest BCUT2D eigenvalue weighted by molar-refractivity contribution is 5.89. The van der Waals surface area contributed by atoms with Gasteiger partial charge >= 0.3 is 6.03 Å². The normalized spacial score (nSPS) is 10.8. The van der Waals surface area contributed by atoms with Crippen LogP contribution in [0, 0.1) is 12.7 Å². The number of nitrogens with zero attached hydrogens (tertiary/aromatic N) is 1. The van der Waals surface area contributed by atoms with E-state index in [2.05, 4.69) is 10.3 Å². The van der Waals surface area contributed by atoms with E-state index in [1.807, 2.05) is 55.5 Å². The maximum Gasteiger partial charge on any atom is 0.322 e. The number of fused-ring (bicyclic) bond motifs is 1. The number of aromatic amines is 1. The zero-order chi connectivity index (χ0) is 21.8. The number of carbonyl (C=O) groups is 1. The van der Waals surface area contributed by atoms with Gasteiger partial charge in [0.1, 0.15) is 5.82 Å². The molecule has 156 valence electrons. The summed E-state index contributed by atoms with van der Waals surface area (Å²) in [6, 6.07) is 22.6. The lowest BCUT2D eigenvalue weighted by Gasteiger charge is -2.23. The molecule has 4 aromatic rings. The quantitative estimate of drug-likeness (QED) is 0.470. The maximum absolute atomic E-state index is 14.1. The van der Waals surface area contributed by atoms with E-state index in [1.54, 1.807) is 18.2 Å². The number of aryl methyl sites for hydroxylation is 1. The SMILES string of the molecule is Cc1ccc2cc(CN(Cc3ccccc3)C(=O)Nc3ccccc3F)c(=O)[nH]c2c1. The average Bonchev–Trinajstić information content (AvgIpc) is 2.76. The van der Waals surface area contributed by atoms with Gasteiger partial charge in [0, 0.05) is 17.6 Å². The van der Waals surface area contributed by atoms with Gasteiger partial charge in [-0.1, -0.05) is 54.6 Å². The Kier molecular flexibility index (Phi) is 5.80. The number of urea groups is 1. The highest BCUT2D eigenvalue weighted by atomic mass is 19.1. The summed E-state index contributed by atoms with van der Waals surface area (Å²) >= 11 is 0. The molecule has 0 aliphatic heterocycles. The third kappa shape index (κ3) is 4.80. The number of anilines is 1. The molecule has 31 heavy (non-hydrogen) atoms. The van der Waals surface area contributed by atoms with Gasteiger partial charge in [-0.2, -0.15) is 0 Å². The van der Waals surface area contributed by atoms with Gasteiger partial charge in [-0.3, -0.25) is 4.79 Å². The van der Waals surface area contributed by atoms with Crippen LogP contribution >= 0.6 is 0 Å². The summed E-state index contributed by atoms with van der Waals surface area (Å²) in [7, 11) is 0. The van der Waals surface area contributed by atoms with Crippen LogP contribution in [0.4, 0.5) is 14.9 Å². The number of aromatic nitrogens is 1. The second-order valence-electron chi connectivity index (χ2n) is 7.47. The minimum atomic E-state index is -0.519. The Morgan fingerprint density at radius 1 is 0.968 bits per heavy atom. The maximum atomic E-state index is 14.1. The average molecular weight is 415 g/mol. The Labute approximate surface area is 179 Å². The molecule has 4 rings (SSSR count). The lowest BCUT2D eigenvalue weighted by molar-refractivity contribution is 0.206. The Bertz CT molecular complexity index is 1280. The van der Waals surface area contributed by atoms with Gasteiger partial charge in [0.2, 0.25) is 0 Å². The Morgan fingerprint density at radius 2 is 1.71 bits per heavy atom. The molecule has 0 saturated carbocycles. The molecular formula is C25H22FN3O2. The zero-order valence-corrected chi connectivity index (χ0v) is 17.1. The summed E-state index contributed by atoms with van der Waals surface area (Å²) in [6.45, 7) is 2.31.